The van der Waals surface area contributed by atoms with E-state index in [4.69, 9.17) is 8.85 Å². The molecule has 0 unspecified atom stereocenters. The summed E-state index contributed by atoms with van der Waals surface area (Å²) in [6.45, 7) is 7.32. The van der Waals surface area contributed by atoms with E-state index in [1.165, 1.54) is 29.0 Å². The van der Waals surface area contributed by atoms with E-state index in [0.717, 1.165) is 22.8 Å². The van der Waals surface area contributed by atoms with Gasteiger partial charge in [-0.25, -0.2) is 13.8 Å². The first-order valence-corrected chi connectivity index (χ1v) is 14.7. The summed E-state index contributed by atoms with van der Waals surface area (Å²) >= 11 is 0. The summed E-state index contributed by atoms with van der Waals surface area (Å²) in [5.74, 6) is -3.46. The van der Waals surface area contributed by atoms with Crippen LogP contribution in [0.25, 0.3) is 28.0 Å². The lowest BCUT2D eigenvalue weighted by Crippen LogP contribution is -2.66. The molecule has 2 amide bonds. The number of halogens is 2. The van der Waals surface area contributed by atoms with Gasteiger partial charge in [0.1, 0.15) is 29.0 Å². The highest BCUT2D eigenvalue weighted by Crippen LogP contribution is 2.44. The highest BCUT2D eigenvalue weighted by Gasteiger charge is 2.46. The Balaban J connectivity index is 1.82. The third kappa shape index (κ3) is 4.53. The molecule has 0 bridgehead atoms. The summed E-state index contributed by atoms with van der Waals surface area (Å²) in [5.41, 5.74) is -1.06. The molecule has 46 heavy (non-hydrogen) atoms. The number of carbonyl (C=O) groups excluding carboxylic acids is 2. The van der Waals surface area contributed by atoms with Crippen LogP contribution in [0.15, 0.2) is 54.0 Å². The van der Waals surface area contributed by atoms with Gasteiger partial charge in [-0.3, -0.25) is 23.9 Å². The second-order valence-electron chi connectivity index (χ2n) is 11.7. The number of benzene rings is 1. The van der Waals surface area contributed by atoms with Crippen molar-refractivity contribution in [3.63, 3.8) is 0 Å². The molecule has 2 aliphatic rings. The van der Waals surface area contributed by atoms with Gasteiger partial charge in [0.05, 0.1) is 36.3 Å². The highest BCUT2D eigenvalue weighted by atomic mass is 19.1. The second-order valence-corrected chi connectivity index (χ2v) is 11.7. The van der Waals surface area contributed by atoms with E-state index in [1.54, 1.807) is 26.1 Å². The van der Waals surface area contributed by atoms with Crippen molar-refractivity contribution in [2.24, 2.45) is 0 Å². The molecule has 0 radical (unpaired) electrons. The normalized spacial score (nSPS) is 19.0. The number of aromatic nitrogens is 3. The van der Waals surface area contributed by atoms with Crippen LogP contribution in [0.1, 0.15) is 42.1 Å². The lowest BCUT2D eigenvalue weighted by Gasteiger charge is -2.49. The maximum atomic E-state index is 16.5. The molecule has 1 fully saturated rings. The van der Waals surface area contributed by atoms with Crippen molar-refractivity contribution in [3.8, 4) is 22.7 Å². The summed E-state index contributed by atoms with van der Waals surface area (Å²) in [5, 5.41) is -0.00781. The van der Waals surface area contributed by atoms with Gasteiger partial charge in [-0.05, 0) is 55.7 Å². The molecule has 4 aromatic rings. The Morgan fingerprint density at radius 2 is 1.91 bits per heavy atom. The number of hydrogen-bond donors (Lipinski definition) is 0. The van der Waals surface area contributed by atoms with E-state index < -0.39 is 59.4 Å². The molecule has 2 atom stereocenters. The molecule has 12 heteroatoms. The monoisotopic (exact) mass is 631 g/mol. The van der Waals surface area contributed by atoms with Crippen LogP contribution in [0.5, 0.6) is 5.75 Å². The molecule has 10 nitrogen and oxygen atoms in total. The first-order valence-electron chi connectivity index (χ1n) is 16.2. The minimum Gasteiger partial charge on any atom is -0.496 e. The zero-order chi connectivity index (χ0) is 35.7. The number of likely N-dealkylation sites (N-methyl/N-ethyl adjacent to an activating group) is 1. The Kier molecular flexibility index (Phi) is 6.71. The van der Waals surface area contributed by atoms with Crippen molar-refractivity contribution < 1.29 is 27.2 Å². The van der Waals surface area contributed by atoms with Gasteiger partial charge in [-0.2, -0.15) is 0 Å². The Labute approximate surface area is 268 Å². The van der Waals surface area contributed by atoms with Gasteiger partial charge in [-0.1, -0.05) is 26.5 Å². The predicted octanol–water partition coefficient (Wildman–Crippen LogP) is 4.73. The van der Waals surface area contributed by atoms with E-state index in [2.05, 4.69) is 16.5 Å². The van der Waals surface area contributed by atoms with E-state index >= 15 is 13.6 Å². The second kappa shape index (κ2) is 11.3. The van der Waals surface area contributed by atoms with E-state index in [9.17, 15) is 9.59 Å². The van der Waals surface area contributed by atoms with Gasteiger partial charge in [0.25, 0.3) is 11.5 Å². The quantitative estimate of drug-likeness (QED) is 0.294. The zero-order valence-corrected chi connectivity index (χ0v) is 26.0. The summed E-state index contributed by atoms with van der Waals surface area (Å²) in [6.07, 6.45) is 2.67. The molecule has 1 saturated heterocycles. The van der Waals surface area contributed by atoms with Crippen molar-refractivity contribution in [2.45, 2.75) is 45.7 Å². The Hall–Kier alpha value is -5.13. The van der Waals surface area contributed by atoms with Gasteiger partial charge < -0.3 is 19.4 Å². The number of anilines is 2. The molecule has 2 aliphatic heterocycles. The zero-order valence-electron chi connectivity index (χ0n) is 29.0. The van der Waals surface area contributed by atoms with Crippen LogP contribution < -0.4 is 20.1 Å². The molecule has 238 valence electrons. The van der Waals surface area contributed by atoms with Crippen LogP contribution in [0.2, 0.25) is 0 Å². The fourth-order valence-electron chi connectivity index (χ4n) is 6.44. The largest absolute Gasteiger partial charge is 0.496 e. The third-order valence-corrected chi connectivity index (χ3v) is 8.62. The van der Waals surface area contributed by atoms with Crippen molar-refractivity contribution in [1.82, 2.24) is 19.4 Å². The SMILES string of the molecule is [2H]C([2H])([2H])N1C(=O)[C@H]2CN(C(=O)C=C)[C@H](C)CN2c2c1c(=O)n(-c1c(C)ccnc1C(C)C)c1nc(-c3c(F)cccc3OC)c(F)cc21. The third-order valence-electron chi connectivity index (χ3n) is 8.62. The van der Waals surface area contributed by atoms with Gasteiger partial charge in [0.2, 0.25) is 5.91 Å². The summed E-state index contributed by atoms with van der Waals surface area (Å²) < 4.78 is 63.6. The number of carbonyl (C=O) groups is 2. The number of aryl methyl sites for hydroxylation is 1. The number of piperazine rings is 1. The Morgan fingerprint density at radius 1 is 1.15 bits per heavy atom. The number of pyridine rings is 3. The molecule has 0 spiro atoms. The Morgan fingerprint density at radius 3 is 2.59 bits per heavy atom. The van der Waals surface area contributed by atoms with E-state index in [0.29, 0.717) is 16.2 Å². The summed E-state index contributed by atoms with van der Waals surface area (Å²) in [6, 6.07) is 4.93. The van der Waals surface area contributed by atoms with Crippen LogP contribution in [0.4, 0.5) is 20.2 Å². The van der Waals surface area contributed by atoms with Gasteiger partial charge in [0, 0.05) is 35.3 Å². The standard InChI is InChI=1S/C34H34F2N6O4/c1-8-25(43)40-16-23-33(44)39(6)31-30(41(23)15-19(40)5)20-14-22(36)28(26-21(35)10-9-11-24(26)46-7)38-32(20)42(34(31)45)29-18(4)12-13-37-27(29)17(2)3/h8-14,17,19,23H,1,15-16H2,2-7H3/t19-,23-/m1/s1/i6D3. The number of amides is 2. The molecule has 0 N–H and O–H groups in total. The van der Waals surface area contributed by atoms with Gasteiger partial charge in [-0.15, -0.1) is 0 Å². The summed E-state index contributed by atoms with van der Waals surface area (Å²) in [7, 11) is 1.30. The number of hydrogen-bond acceptors (Lipinski definition) is 7. The fraction of sp³-hybridized carbons (Fsp3) is 0.324. The number of fused-ring (bicyclic) bond motifs is 5. The first-order chi connectivity index (χ1) is 23.1. The molecule has 6 rings (SSSR count). The van der Waals surface area contributed by atoms with Crippen LogP contribution in [0.3, 0.4) is 0 Å². The topological polar surface area (TPSA) is 101 Å². The van der Waals surface area contributed by atoms with Crippen LogP contribution in [-0.2, 0) is 9.59 Å². The van der Waals surface area contributed by atoms with Crippen LogP contribution >= 0.6 is 0 Å². The molecule has 0 saturated carbocycles. The molecular formula is C34H34F2N6O4. The lowest BCUT2D eigenvalue weighted by atomic mass is 9.98. The van der Waals surface area contributed by atoms with Gasteiger partial charge >= 0.3 is 0 Å². The number of rotatable bonds is 5. The first kappa shape index (κ1) is 27.2. The number of nitrogens with zero attached hydrogens (tertiary/aromatic N) is 6. The Bertz CT molecular complexity index is 2120. The molecular weight excluding hydrogens is 594 g/mol. The average molecular weight is 632 g/mol. The van der Waals surface area contributed by atoms with Crippen molar-refractivity contribution in [2.75, 3.05) is 37.0 Å². The molecule has 5 heterocycles. The van der Waals surface area contributed by atoms with Crippen LogP contribution in [-0.4, -0.2) is 70.5 Å². The molecule has 0 aliphatic carbocycles. The molecule has 1 aromatic carbocycles. The number of ether oxygens (including phenoxy) is 1. The predicted molar refractivity (Wildman–Crippen MR) is 172 cm³/mol. The van der Waals surface area contributed by atoms with E-state index in [1.807, 2.05) is 13.8 Å². The highest BCUT2D eigenvalue weighted by molar-refractivity contribution is 6.12. The lowest BCUT2D eigenvalue weighted by molar-refractivity contribution is -0.130. The summed E-state index contributed by atoms with van der Waals surface area (Å²) in [4.78, 5) is 54.5. The maximum absolute atomic E-state index is 16.5. The minimum absolute atomic E-state index is 0.00546. The van der Waals surface area contributed by atoms with Crippen molar-refractivity contribution in [1.29, 1.82) is 0 Å². The van der Waals surface area contributed by atoms with Crippen molar-refractivity contribution >= 4 is 34.2 Å². The molecule has 3 aromatic heterocycles. The van der Waals surface area contributed by atoms with E-state index in [-0.39, 0.29) is 52.7 Å². The maximum Gasteiger partial charge on any atom is 0.283 e. The van der Waals surface area contributed by atoms with Gasteiger partial charge in [0.15, 0.2) is 11.5 Å². The fourth-order valence-corrected chi connectivity index (χ4v) is 6.44. The minimum atomic E-state index is -3.16. The average Bonchev–Trinajstić information content (AvgIpc) is 3.04. The smallest absolute Gasteiger partial charge is 0.283 e. The number of methoxy groups -OCH3 is 1. The van der Waals surface area contributed by atoms with Crippen LogP contribution in [0, 0.1) is 18.6 Å². The van der Waals surface area contributed by atoms with Crippen molar-refractivity contribution in [3.05, 3.63) is 82.4 Å².